The molecule has 0 bridgehead atoms. The van der Waals surface area contributed by atoms with E-state index in [2.05, 4.69) is 21.2 Å². The normalized spacial score (nSPS) is 22.7. The van der Waals surface area contributed by atoms with Crippen molar-refractivity contribution >= 4 is 45.0 Å². The van der Waals surface area contributed by atoms with Gasteiger partial charge in [0.2, 0.25) is 11.8 Å². The van der Waals surface area contributed by atoms with E-state index in [0.29, 0.717) is 21.6 Å². The second-order valence-corrected chi connectivity index (χ2v) is 6.75. The molecule has 2 atom stereocenters. The minimum atomic E-state index is -0.516. The molecule has 2 amide bonds. The number of hydrogen-bond donors (Lipinski definition) is 1. The van der Waals surface area contributed by atoms with E-state index in [4.69, 9.17) is 11.6 Å². The summed E-state index contributed by atoms with van der Waals surface area (Å²) in [5, 5.41) is 3.38. The van der Waals surface area contributed by atoms with Crippen molar-refractivity contribution in [1.82, 2.24) is 5.32 Å². The van der Waals surface area contributed by atoms with Crippen LogP contribution in [0.2, 0.25) is 5.02 Å². The van der Waals surface area contributed by atoms with E-state index in [1.807, 2.05) is 20.8 Å². The van der Waals surface area contributed by atoms with Gasteiger partial charge in [-0.1, -0.05) is 32.4 Å². The number of rotatable bonds is 3. The molecule has 1 saturated heterocycles. The van der Waals surface area contributed by atoms with Gasteiger partial charge in [-0.25, -0.2) is 0 Å². The minimum Gasteiger partial charge on any atom is -0.342 e. The van der Waals surface area contributed by atoms with E-state index >= 15 is 0 Å². The van der Waals surface area contributed by atoms with Crippen LogP contribution in [0.25, 0.3) is 0 Å². The zero-order chi connectivity index (χ0) is 15.7. The molecular weight excluding hydrogens is 356 g/mol. The first-order chi connectivity index (χ1) is 9.86. The van der Waals surface area contributed by atoms with Gasteiger partial charge in [0.15, 0.2) is 0 Å². The molecule has 0 spiro atoms. The Labute approximate surface area is 138 Å². The van der Waals surface area contributed by atoms with Gasteiger partial charge >= 0.3 is 0 Å². The van der Waals surface area contributed by atoms with Crippen LogP contribution in [0.3, 0.4) is 0 Å². The Hall–Kier alpha value is -1.07. The number of carbonyl (C=O) groups is 2. The number of nitrogens with one attached hydrogen (secondary N) is 1. The van der Waals surface area contributed by atoms with Gasteiger partial charge in [0.05, 0.1) is 5.69 Å². The lowest BCUT2D eigenvalue weighted by atomic mass is 9.95. The first-order valence-electron chi connectivity index (χ1n) is 6.95. The Morgan fingerprint density at radius 1 is 1.38 bits per heavy atom. The molecule has 6 heteroatoms. The molecule has 2 rings (SSSR count). The third-order valence-corrected chi connectivity index (χ3v) is 4.48. The summed E-state index contributed by atoms with van der Waals surface area (Å²) in [4.78, 5) is 26.7. The quantitative estimate of drug-likeness (QED) is 0.883. The molecule has 0 aliphatic carbocycles. The van der Waals surface area contributed by atoms with Crippen LogP contribution in [-0.4, -0.2) is 23.9 Å². The molecule has 1 heterocycles. The van der Waals surface area contributed by atoms with Gasteiger partial charge in [-0.15, -0.1) is 0 Å². The zero-order valence-electron chi connectivity index (χ0n) is 12.2. The van der Waals surface area contributed by atoms with Gasteiger partial charge in [-0.05, 0) is 46.5 Å². The maximum absolute atomic E-state index is 12.7. The fourth-order valence-corrected chi connectivity index (χ4v) is 3.44. The third kappa shape index (κ3) is 3.09. The molecule has 1 aromatic carbocycles. The Kier molecular flexibility index (Phi) is 4.94. The monoisotopic (exact) mass is 372 g/mol. The van der Waals surface area contributed by atoms with Crippen LogP contribution in [-0.2, 0) is 9.59 Å². The second kappa shape index (κ2) is 6.36. The maximum Gasteiger partial charge on any atom is 0.250 e. The number of piperazine rings is 1. The fourth-order valence-electron chi connectivity index (χ4n) is 2.56. The van der Waals surface area contributed by atoms with Crippen molar-refractivity contribution in [2.45, 2.75) is 39.3 Å². The van der Waals surface area contributed by atoms with Crippen molar-refractivity contribution in [1.29, 1.82) is 0 Å². The van der Waals surface area contributed by atoms with E-state index < -0.39 is 12.1 Å². The first kappa shape index (κ1) is 16.3. The van der Waals surface area contributed by atoms with Gasteiger partial charge in [-0.3, -0.25) is 14.5 Å². The van der Waals surface area contributed by atoms with Gasteiger partial charge in [0.1, 0.15) is 12.1 Å². The summed E-state index contributed by atoms with van der Waals surface area (Å²) in [6.07, 6.45) is 0.567. The lowest BCUT2D eigenvalue weighted by Gasteiger charge is -2.41. The summed E-state index contributed by atoms with van der Waals surface area (Å²) < 4.78 is 0.707. The molecule has 1 aliphatic heterocycles. The fraction of sp³-hybridized carbons (Fsp3) is 0.467. The van der Waals surface area contributed by atoms with Crippen molar-refractivity contribution in [3.8, 4) is 0 Å². The predicted octanol–water partition coefficient (Wildman–Crippen LogP) is 3.37. The van der Waals surface area contributed by atoms with Gasteiger partial charge in [-0.2, -0.15) is 0 Å². The summed E-state index contributed by atoms with van der Waals surface area (Å²) in [6, 6.07) is 4.23. The highest BCUT2D eigenvalue weighted by Crippen LogP contribution is 2.34. The smallest absolute Gasteiger partial charge is 0.250 e. The second-order valence-electron chi connectivity index (χ2n) is 5.46. The van der Waals surface area contributed by atoms with Crippen LogP contribution in [0, 0.1) is 5.92 Å². The molecule has 4 nitrogen and oxygen atoms in total. The van der Waals surface area contributed by atoms with Crippen LogP contribution in [0.5, 0.6) is 0 Å². The largest absolute Gasteiger partial charge is 0.342 e. The molecule has 114 valence electrons. The Morgan fingerprint density at radius 2 is 2.05 bits per heavy atom. The zero-order valence-corrected chi connectivity index (χ0v) is 14.5. The highest BCUT2D eigenvalue weighted by molar-refractivity contribution is 9.10. The summed E-state index contributed by atoms with van der Waals surface area (Å²) in [5.41, 5.74) is 0.677. The van der Waals surface area contributed by atoms with E-state index in [1.165, 1.54) is 0 Å². The van der Waals surface area contributed by atoms with Crippen molar-refractivity contribution < 1.29 is 9.59 Å². The molecule has 0 saturated carbocycles. The Bertz CT molecular complexity index is 577. The summed E-state index contributed by atoms with van der Waals surface area (Å²) >= 11 is 9.40. The van der Waals surface area contributed by atoms with E-state index in [1.54, 1.807) is 23.1 Å². The van der Waals surface area contributed by atoms with E-state index in [9.17, 15) is 9.59 Å². The van der Waals surface area contributed by atoms with E-state index in [-0.39, 0.29) is 17.7 Å². The number of halogens is 2. The Balaban J connectivity index is 2.52. The molecule has 1 N–H and O–H groups in total. The van der Waals surface area contributed by atoms with Gasteiger partial charge in [0.25, 0.3) is 0 Å². The van der Waals surface area contributed by atoms with Crippen molar-refractivity contribution in [3.05, 3.63) is 27.7 Å². The van der Waals surface area contributed by atoms with Crippen LogP contribution in [0.1, 0.15) is 27.2 Å². The van der Waals surface area contributed by atoms with Gasteiger partial charge < -0.3 is 5.32 Å². The highest BCUT2D eigenvalue weighted by Gasteiger charge is 2.42. The van der Waals surface area contributed by atoms with Crippen molar-refractivity contribution in [2.24, 2.45) is 5.92 Å². The van der Waals surface area contributed by atoms with Crippen molar-refractivity contribution in [3.63, 3.8) is 0 Å². The van der Waals surface area contributed by atoms with Crippen LogP contribution >= 0.6 is 27.5 Å². The van der Waals surface area contributed by atoms with E-state index in [0.717, 1.165) is 0 Å². The SMILES string of the molecule is CCC1NC(=O)C(C(C)C)N(c2ccc(Cl)cc2Br)C1=O. The average Bonchev–Trinajstić information content (AvgIpc) is 2.40. The molecule has 2 unspecified atom stereocenters. The van der Waals surface area contributed by atoms with Gasteiger partial charge in [0, 0.05) is 9.50 Å². The number of hydrogen-bond acceptors (Lipinski definition) is 2. The molecule has 21 heavy (non-hydrogen) atoms. The standard InChI is InChI=1S/C15H18BrClN2O2/c1-4-11-15(21)19(13(8(2)3)14(20)18-11)12-6-5-9(17)7-10(12)16/h5-8,11,13H,4H2,1-3H3,(H,18,20). The minimum absolute atomic E-state index is 0.00864. The summed E-state index contributed by atoms with van der Waals surface area (Å²) in [6.45, 7) is 5.74. The van der Waals surface area contributed by atoms with Crippen LogP contribution in [0.4, 0.5) is 5.69 Å². The topological polar surface area (TPSA) is 49.4 Å². The predicted molar refractivity (Wildman–Crippen MR) is 87.5 cm³/mol. The number of benzene rings is 1. The summed E-state index contributed by atoms with van der Waals surface area (Å²) in [5.74, 6) is -0.188. The maximum atomic E-state index is 12.7. The molecular formula is C15H18BrClN2O2. The molecule has 0 radical (unpaired) electrons. The molecule has 1 aliphatic rings. The number of anilines is 1. The lowest BCUT2D eigenvalue weighted by Crippen LogP contribution is -2.65. The highest BCUT2D eigenvalue weighted by atomic mass is 79.9. The molecule has 1 fully saturated rings. The third-order valence-electron chi connectivity index (χ3n) is 3.61. The number of carbonyl (C=O) groups excluding carboxylic acids is 2. The average molecular weight is 374 g/mol. The van der Waals surface area contributed by atoms with Crippen LogP contribution < -0.4 is 10.2 Å². The lowest BCUT2D eigenvalue weighted by molar-refractivity contribution is -0.134. The first-order valence-corrected chi connectivity index (χ1v) is 8.12. The van der Waals surface area contributed by atoms with Crippen LogP contribution in [0.15, 0.2) is 22.7 Å². The number of amides is 2. The molecule has 1 aromatic rings. The molecule has 0 aromatic heterocycles. The Morgan fingerprint density at radius 3 is 2.57 bits per heavy atom. The number of nitrogens with zero attached hydrogens (tertiary/aromatic N) is 1. The van der Waals surface area contributed by atoms with Crippen molar-refractivity contribution in [2.75, 3.05) is 4.90 Å². The summed E-state index contributed by atoms with van der Waals surface area (Å²) in [7, 11) is 0.